The Morgan fingerprint density at radius 3 is 2.64 bits per heavy atom. The van der Waals surface area contributed by atoms with Gasteiger partial charge in [0.2, 0.25) is 11.8 Å². The van der Waals surface area contributed by atoms with Crippen LogP contribution in [0.1, 0.15) is 17.5 Å². The summed E-state index contributed by atoms with van der Waals surface area (Å²) in [6, 6.07) is 11.9. The van der Waals surface area contributed by atoms with Crippen LogP contribution in [-0.2, 0) is 16.1 Å². The average Bonchev–Trinajstić information content (AvgIpc) is 3.00. The highest BCUT2D eigenvalue weighted by atomic mass is 35.5. The summed E-state index contributed by atoms with van der Waals surface area (Å²) in [7, 11) is 0. The Bertz CT molecular complexity index is 874. The van der Waals surface area contributed by atoms with Crippen LogP contribution in [-0.4, -0.2) is 29.9 Å². The molecule has 1 saturated heterocycles. The van der Waals surface area contributed by atoms with Gasteiger partial charge in [-0.3, -0.25) is 9.59 Å². The Morgan fingerprint density at radius 1 is 1.29 bits per heavy atom. The Hall–Kier alpha value is -2.67. The van der Waals surface area contributed by atoms with E-state index >= 15 is 0 Å². The van der Waals surface area contributed by atoms with Crippen LogP contribution in [0.25, 0.3) is 0 Å². The van der Waals surface area contributed by atoms with Crippen LogP contribution in [0, 0.1) is 12.8 Å². The van der Waals surface area contributed by atoms with Crippen LogP contribution in [0.2, 0.25) is 5.02 Å². The molecule has 1 fully saturated rings. The normalized spacial score (nSPS) is 16.5. The van der Waals surface area contributed by atoms with Gasteiger partial charge in [-0.15, -0.1) is 0 Å². The van der Waals surface area contributed by atoms with Gasteiger partial charge in [0.1, 0.15) is 5.75 Å². The summed E-state index contributed by atoms with van der Waals surface area (Å²) in [5.74, 6) is -1.07. The van der Waals surface area contributed by atoms with E-state index in [1.165, 1.54) is 18.2 Å². The third-order valence-electron chi connectivity index (χ3n) is 4.49. The fourth-order valence-corrected chi connectivity index (χ4v) is 3.25. The van der Waals surface area contributed by atoms with Crippen molar-refractivity contribution in [1.29, 1.82) is 0 Å². The Kier molecular flexibility index (Phi) is 6.14. The largest absolute Gasteiger partial charge is 0.433 e. The SMILES string of the molecule is Cc1ccc(CN2C[C@H](C(=O)Nc3ccc(OC(F)F)c(Cl)c3)CC2=O)cc1. The molecular formula is C20H19ClF2N2O3. The number of carbonyl (C=O) groups is 2. The monoisotopic (exact) mass is 408 g/mol. The van der Waals surface area contributed by atoms with Crippen LogP contribution in [0.3, 0.4) is 0 Å². The van der Waals surface area contributed by atoms with Crippen LogP contribution in [0.5, 0.6) is 5.75 Å². The third kappa shape index (κ3) is 4.98. The maximum absolute atomic E-state index is 12.5. The molecule has 28 heavy (non-hydrogen) atoms. The molecule has 0 radical (unpaired) electrons. The summed E-state index contributed by atoms with van der Waals surface area (Å²) in [5, 5.41) is 2.63. The zero-order valence-corrected chi connectivity index (χ0v) is 15.9. The Morgan fingerprint density at radius 2 is 2.00 bits per heavy atom. The number of benzene rings is 2. The number of likely N-dealkylation sites (tertiary alicyclic amines) is 1. The molecule has 1 heterocycles. The predicted molar refractivity (Wildman–Crippen MR) is 101 cm³/mol. The summed E-state index contributed by atoms with van der Waals surface area (Å²) < 4.78 is 28.8. The van der Waals surface area contributed by atoms with Gasteiger partial charge < -0.3 is 15.0 Å². The number of carbonyl (C=O) groups excluding carboxylic acids is 2. The number of hydrogen-bond donors (Lipinski definition) is 1. The fourth-order valence-electron chi connectivity index (χ4n) is 3.03. The molecule has 1 aliphatic rings. The van der Waals surface area contributed by atoms with Crippen molar-refractivity contribution in [2.75, 3.05) is 11.9 Å². The van der Waals surface area contributed by atoms with Gasteiger partial charge in [0.05, 0.1) is 10.9 Å². The van der Waals surface area contributed by atoms with Crippen molar-refractivity contribution in [3.63, 3.8) is 0 Å². The lowest BCUT2D eigenvalue weighted by molar-refractivity contribution is -0.128. The molecule has 0 spiro atoms. The summed E-state index contributed by atoms with van der Waals surface area (Å²) in [4.78, 5) is 26.4. The van der Waals surface area contributed by atoms with E-state index in [2.05, 4.69) is 10.1 Å². The molecule has 0 bridgehead atoms. The van der Waals surface area contributed by atoms with E-state index < -0.39 is 12.5 Å². The molecule has 2 aromatic rings. The molecule has 0 saturated carbocycles. The first-order valence-corrected chi connectivity index (χ1v) is 9.08. The van der Waals surface area contributed by atoms with E-state index in [1.54, 1.807) is 4.90 Å². The highest BCUT2D eigenvalue weighted by molar-refractivity contribution is 6.32. The van der Waals surface area contributed by atoms with Gasteiger partial charge in [-0.2, -0.15) is 8.78 Å². The summed E-state index contributed by atoms with van der Waals surface area (Å²) >= 11 is 5.89. The molecule has 2 amide bonds. The molecule has 148 valence electrons. The minimum absolute atomic E-state index is 0.0402. The molecule has 0 unspecified atom stereocenters. The van der Waals surface area contributed by atoms with E-state index in [-0.39, 0.29) is 29.0 Å². The van der Waals surface area contributed by atoms with E-state index in [4.69, 9.17) is 11.6 Å². The zero-order chi connectivity index (χ0) is 20.3. The summed E-state index contributed by atoms with van der Waals surface area (Å²) in [6.45, 7) is -0.224. The zero-order valence-electron chi connectivity index (χ0n) is 15.1. The molecule has 1 atom stereocenters. The van der Waals surface area contributed by atoms with Crippen molar-refractivity contribution in [3.8, 4) is 5.75 Å². The second-order valence-electron chi connectivity index (χ2n) is 6.67. The first-order valence-electron chi connectivity index (χ1n) is 8.70. The van der Waals surface area contributed by atoms with Crippen molar-refractivity contribution < 1.29 is 23.1 Å². The number of amides is 2. The number of ether oxygens (including phenoxy) is 1. The van der Waals surface area contributed by atoms with Crippen molar-refractivity contribution >= 4 is 29.1 Å². The lowest BCUT2D eigenvalue weighted by Gasteiger charge is -2.17. The molecule has 3 rings (SSSR count). The number of alkyl halides is 2. The first kappa shape index (κ1) is 20.1. The van der Waals surface area contributed by atoms with Crippen LogP contribution < -0.4 is 10.1 Å². The minimum atomic E-state index is -2.98. The molecule has 0 aliphatic carbocycles. The lowest BCUT2D eigenvalue weighted by atomic mass is 10.1. The van der Waals surface area contributed by atoms with Gasteiger partial charge in [0.25, 0.3) is 0 Å². The maximum atomic E-state index is 12.5. The molecule has 0 aromatic heterocycles. The van der Waals surface area contributed by atoms with E-state index in [0.29, 0.717) is 18.8 Å². The second-order valence-corrected chi connectivity index (χ2v) is 7.08. The van der Waals surface area contributed by atoms with Gasteiger partial charge in [0.15, 0.2) is 0 Å². The minimum Gasteiger partial charge on any atom is -0.433 e. The molecule has 1 N–H and O–H groups in total. The number of halogens is 3. The lowest BCUT2D eigenvalue weighted by Crippen LogP contribution is -2.28. The third-order valence-corrected chi connectivity index (χ3v) is 4.79. The van der Waals surface area contributed by atoms with Crippen LogP contribution >= 0.6 is 11.6 Å². The molecule has 1 aliphatic heterocycles. The van der Waals surface area contributed by atoms with Crippen LogP contribution in [0.4, 0.5) is 14.5 Å². The molecule has 8 heteroatoms. The average molecular weight is 409 g/mol. The molecule has 2 aromatic carbocycles. The highest BCUT2D eigenvalue weighted by Gasteiger charge is 2.34. The number of nitrogens with zero attached hydrogens (tertiary/aromatic N) is 1. The van der Waals surface area contributed by atoms with Gasteiger partial charge >= 0.3 is 6.61 Å². The van der Waals surface area contributed by atoms with E-state index in [0.717, 1.165) is 11.1 Å². The Balaban J connectivity index is 1.60. The maximum Gasteiger partial charge on any atom is 0.387 e. The molecular weight excluding hydrogens is 390 g/mol. The predicted octanol–water partition coefficient (Wildman–Crippen LogP) is 4.24. The Labute approximate surface area is 166 Å². The molecule has 5 nitrogen and oxygen atoms in total. The van der Waals surface area contributed by atoms with Gasteiger partial charge in [-0.25, -0.2) is 0 Å². The van der Waals surface area contributed by atoms with Gasteiger partial charge in [0, 0.05) is 25.2 Å². The summed E-state index contributed by atoms with van der Waals surface area (Å²) in [5.41, 5.74) is 2.49. The van der Waals surface area contributed by atoms with Crippen molar-refractivity contribution in [3.05, 3.63) is 58.6 Å². The highest BCUT2D eigenvalue weighted by Crippen LogP contribution is 2.30. The van der Waals surface area contributed by atoms with Gasteiger partial charge in [-0.05, 0) is 30.7 Å². The van der Waals surface area contributed by atoms with Gasteiger partial charge in [-0.1, -0.05) is 41.4 Å². The van der Waals surface area contributed by atoms with Crippen molar-refractivity contribution in [2.45, 2.75) is 26.5 Å². The first-order chi connectivity index (χ1) is 13.3. The smallest absolute Gasteiger partial charge is 0.387 e. The number of rotatable bonds is 6. The topological polar surface area (TPSA) is 58.6 Å². The van der Waals surface area contributed by atoms with Crippen molar-refractivity contribution in [1.82, 2.24) is 4.90 Å². The fraction of sp³-hybridized carbons (Fsp3) is 0.300. The quantitative estimate of drug-likeness (QED) is 0.777. The standard InChI is InChI=1S/C20H19ClF2N2O3/c1-12-2-4-13(5-3-12)10-25-11-14(8-18(25)26)19(27)24-15-6-7-17(16(21)9-15)28-20(22)23/h2-7,9,14,20H,8,10-11H2,1H3,(H,24,27)/t14-/m1/s1. The number of nitrogens with one attached hydrogen (secondary N) is 1. The second kappa shape index (κ2) is 8.56. The number of anilines is 1. The van der Waals surface area contributed by atoms with Crippen LogP contribution in [0.15, 0.2) is 42.5 Å². The number of aryl methyl sites for hydroxylation is 1. The number of hydrogen-bond acceptors (Lipinski definition) is 3. The van der Waals surface area contributed by atoms with Crippen molar-refractivity contribution in [2.24, 2.45) is 5.92 Å². The van der Waals surface area contributed by atoms with E-state index in [9.17, 15) is 18.4 Å². The van der Waals surface area contributed by atoms with E-state index in [1.807, 2.05) is 31.2 Å². The summed E-state index contributed by atoms with van der Waals surface area (Å²) in [6.07, 6.45) is 0.123.